The highest BCUT2D eigenvalue weighted by Gasteiger charge is 2.09. The van der Waals surface area contributed by atoms with Gasteiger partial charge < -0.3 is 10.2 Å². The van der Waals surface area contributed by atoms with E-state index in [-0.39, 0.29) is 0 Å². The summed E-state index contributed by atoms with van der Waals surface area (Å²) in [6.45, 7) is 0. The summed E-state index contributed by atoms with van der Waals surface area (Å²) < 4.78 is 0. The molecule has 2 aliphatic rings. The number of nitroso groups, excluding NO2 is 1. The number of H-pyrrole nitrogens is 2. The number of aromatic amines is 2. The highest BCUT2D eigenvalue weighted by Crippen LogP contribution is 2.31. The van der Waals surface area contributed by atoms with E-state index in [0.29, 0.717) is 5.69 Å². The van der Waals surface area contributed by atoms with Gasteiger partial charge in [-0.2, -0.15) is 0 Å². The standard InChI is InChI=1S/C6H5N3O/c10-9-6-2-1-5-4(6)3-7-8-5/h1-3,7-8H. The van der Waals surface area contributed by atoms with Crippen molar-refractivity contribution in [3.05, 3.63) is 23.2 Å². The molecule has 0 saturated carbocycles. The summed E-state index contributed by atoms with van der Waals surface area (Å²) in [5.74, 6) is 0. The second-order valence-corrected chi connectivity index (χ2v) is 2.05. The van der Waals surface area contributed by atoms with Gasteiger partial charge in [-0.15, -0.1) is 4.91 Å². The number of hydrogen-bond donors (Lipinski definition) is 2. The van der Waals surface area contributed by atoms with Crippen molar-refractivity contribution < 1.29 is 0 Å². The lowest BCUT2D eigenvalue weighted by Crippen LogP contribution is -1.63. The molecule has 0 amide bonds. The Kier molecular flexibility index (Phi) is 0.887. The van der Waals surface area contributed by atoms with Crippen molar-refractivity contribution in [1.82, 2.24) is 10.2 Å². The maximum Gasteiger partial charge on any atom is 0.118 e. The number of rotatable bonds is 1. The van der Waals surface area contributed by atoms with Crippen molar-refractivity contribution in [3.63, 3.8) is 0 Å². The first kappa shape index (κ1) is 5.22. The van der Waals surface area contributed by atoms with Crippen LogP contribution in [0.5, 0.6) is 0 Å². The Labute approximate surface area is 56.5 Å². The van der Waals surface area contributed by atoms with Crippen LogP contribution in [0.4, 0.5) is 5.69 Å². The fraction of sp³-hybridized carbons (Fsp3) is 0. The van der Waals surface area contributed by atoms with Crippen LogP contribution in [0.25, 0.3) is 11.3 Å². The van der Waals surface area contributed by atoms with Crippen molar-refractivity contribution in [3.8, 4) is 11.3 Å². The van der Waals surface area contributed by atoms with Crippen molar-refractivity contribution in [2.45, 2.75) is 0 Å². The van der Waals surface area contributed by atoms with Crippen LogP contribution in [0.15, 0.2) is 23.5 Å². The Hall–Kier alpha value is -1.58. The van der Waals surface area contributed by atoms with Crippen LogP contribution in [0.3, 0.4) is 0 Å². The van der Waals surface area contributed by atoms with Gasteiger partial charge in [0.1, 0.15) is 5.69 Å². The molecule has 2 N–H and O–H groups in total. The van der Waals surface area contributed by atoms with E-state index in [1.165, 1.54) is 0 Å². The van der Waals surface area contributed by atoms with E-state index in [4.69, 9.17) is 0 Å². The van der Waals surface area contributed by atoms with Crippen LogP contribution in [0.2, 0.25) is 0 Å². The molecule has 4 heteroatoms. The predicted molar refractivity (Wildman–Crippen MR) is 37.2 cm³/mol. The third-order valence-electron chi connectivity index (χ3n) is 1.50. The Bertz CT molecular complexity index is 322. The zero-order chi connectivity index (χ0) is 6.97. The summed E-state index contributed by atoms with van der Waals surface area (Å²) in [7, 11) is 0. The lowest BCUT2D eigenvalue weighted by molar-refractivity contribution is 1.10. The zero-order valence-electron chi connectivity index (χ0n) is 5.09. The van der Waals surface area contributed by atoms with Gasteiger partial charge in [-0.3, -0.25) is 0 Å². The molecular weight excluding hydrogens is 130 g/mol. The molecule has 4 nitrogen and oxygen atoms in total. The van der Waals surface area contributed by atoms with E-state index in [1.54, 1.807) is 12.3 Å². The smallest absolute Gasteiger partial charge is 0.118 e. The second-order valence-electron chi connectivity index (χ2n) is 2.05. The molecule has 0 radical (unpaired) electrons. The van der Waals surface area contributed by atoms with Crippen molar-refractivity contribution in [2.75, 3.05) is 0 Å². The van der Waals surface area contributed by atoms with Gasteiger partial charge >= 0.3 is 0 Å². The Balaban J connectivity index is 2.71. The van der Waals surface area contributed by atoms with E-state index in [0.717, 1.165) is 11.3 Å². The fourth-order valence-electron chi connectivity index (χ4n) is 1.01. The van der Waals surface area contributed by atoms with Crippen molar-refractivity contribution in [2.24, 2.45) is 5.18 Å². The Morgan fingerprint density at radius 2 is 2.30 bits per heavy atom. The molecule has 50 valence electrons. The van der Waals surface area contributed by atoms with Crippen LogP contribution in [-0.2, 0) is 0 Å². The van der Waals surface area contributed by atoms with Gasteiger partial charge in [0.2, 0.25) is 0 Å². The van der Waals surface area contributed by atoms with Crippen molar-refractivity contribution >= 4 is 5.69 Å². The zero-order valence-corrected chi connectivity index (χ0v) is 5.09. The third kappa shape index (κ3) is 0.500. The third-order valence-corrected chi connectivity index (χ3v) is 1.50. The van der Waals surface area contributed by atoms with Gasteiger partial charge in [-0.05, 0) is 17.3 Å². The van der Waals surface area contributed by atoms with Gasteiger partial charge in [0.25, 0.3) is 0 Å². The molecule has 0 aromatic carbocycles. The van der Waals surface area contributed by atoms with Crippen LogP contribution in [0.1, 0.15) is 0 Å². The largest absolute Gasteiger partial charge is 0.307 e. The minimum atomic E-state index is 0.479. The summed E-state index contributed by atoms with van der Waals surface area (Å²) in [5, 5.41) is 8.46. The summed E-state index contributed by atoms with van der Waals surface area (Å²) in [6.07, 6.45) is 1.71. The van der Waals surface area contributed by atoms with E-state index in [1.807, 2.05) is 6.07 Å². The molecule has 0 aromatic heterocycles. The SMILES string of the molecule is O=Nc1ccc2[nH][nH]cc1-2. The maximum absolute atomic E-state index is 10.1. The average Bonchev–Trinajstić information content (AvgIpc) is 2.44. The van der Waals surface area contributed by atoms with Crippen molar-refractivity contribution in [1.29, 1.82) is 0 Å². The van der Waals surface area contributed by atoms with E-state index in [9.17, 15) is 4.91 Å². The van der Waals surface area contributed by atoms with Gasteiger partial charge in [0, 0.05) is 11.8 Å². The lowest BCUT2D eigenvalue weighted by Gasteiger charge is -1.82. The molecule has 0 atom stereocenters. The minimum absolute atomic E-state index is 0.479. The lowest BCUT2D eigenvalue weighted by atomic mass is 10.3. The van der Waals surface area contributed by atoms with Gasteiger partial charge in [0.05, 0.1) is 5.69 Å². The molecule has 10 heavy (non-hydrogen) atoms. The second kappa shape index (κ2) is 1.70. The first-order valence-electron chi connectivity index (χ1n) is 2.89. The maximum atomic E-state index is 10.1. The highest BCUT2D eigenvalue weighted by atomic mass is 16.3. The first-order chi connectivity index (χ1) is 4.92. The quantitative estimate of drug-likeness (QED) is 0.576. The normalized spacial score (nSPS) is 10.4. The molecule has 0 aromatic rings. The molecule has 0 saturated heterocycles. The van der Waals surface area contributed by atoms with Crippen LogP contribution in [-0.4, -0.2) is 10.2 Å². The molecule has 0 bridgehead atoms. The molecular formula is C6H5N3O. The number of hydrogen-bond acceptors (Lipinski definition) is 2. The molecule has 0 unspecified atom stereocenters. The van der Waals surface area contributed by atoms with E-state index < -0.39 is 0 Å². The minimum Gasteiger partial charge on any atom is -0.307 e. The molecule has 0 spiro atoms. The van der Waals surface area contributed by atoms with Crippen LogP contribution >= 0.6 is 0 Å². The monoisotopic (exact) mass is 135 g/mol. The average molecular weight is 135 g/mol. The van der Waals surface area contributed by atoms with Crippen LogP contribution < -0.4 is 0 Å². The summed E-state index contributed by atoms with van der Waals surface area (Å²) in [4.78, 5) is 10.1. The summed E-state index contributed by atoms with van der Waals surface area (Å²) in [5.41, 5.74) is 2.23. The number of nitrogens with one attached hydrogen (secondary N) is 2. The Morgan fingerprint density at radius 3 is 3.10 bits per heavy atom. The fourth-order valence-corrected chi connectivity index (χ4v) is 1.01. The molecule has 0 fully saturated rings. The topological polar surface area (TPSA) is 61.0 Å². The summed E-state index contributed by atoms with van der Waals surface area (Å²) in [6, 6.07) is 3.49. The van der Waals surface area contributed by atoms with E-state index in [2.05, 4.69) is 15.4 Å². The first-order valence-corrected chi connectivity index (χ1v) is 2.89. The predicted octanol–water partition coefficient (Wildman–Crippen LogP) is 1.85. The van der Waals surface area contributed by atoms with Gasteiger partial charge in [-0.1, -0.05) is 0 Å². The van der Waals surface area contributed by atoms with Crippen LogP contribution in [0, 0.1) is 4.91 Å². The molecule has 1 heterocycles. The van der Waals surface area contributed by atoms with Gasteiger partial charge in [0.15, 0.2) is 0 Å². The van der Waals surface area contributed by atoms with Gasteiger partial charge in [-0.25, -0.2) is 0 Å². The number of nitrogens with zero attached hydrogens (tertiary/aromatic N) is 1. The number of aromatic nitrogens is 2. The van der Waals surface area contributed by atoms with E-state index >= 15 is 0 Å². The number of fused-ring (bicyclic) bond motifs is 1. The molecule has 1 aliphatic carbocycles. The Morgan fingerprint density at radius 1 is 1.40 bits per heavy atom. The molecule has 1 aliphatic heterocycles. The summed E-state index contributed by atoms with van der Waals surface area (Å²) >= 11 is 0. The molecule has 2 rings (SSSR count). The highest BCUT2D eigenvalue weighted by molar-refractivity contribution is 5.76.